The Morgan fingerprint density at radius 3 is 2.60 bits per heavy atom. The highest BCUT2D eigenvalue weighted by molar-refractivity contribution is 9.09. The van der Waals surface area contributed by atoms with Gasteiger partial charge in [-0.1, -0.05) is 34.1 Å². The van der Waals surface area contributed by atoms with Crippen molar-refractivity contribution in [3.8, 4) is 0 Å². The zero-order valence-corrected chi connectivity index (χ0v) is 10.5. The van der Waals surface area contributed by atoms with Crippen LogP contribution in [0, 0.1) is 0 Å². The molecule has 0 amide bonds. The molecule has 0 saturated carbocycles. The van der Waals surface area contributed by atoms with Gasteiger partial charge >= 0.3 is 0 Å². The first-order chi connectivity index (χ1) is 7.09. The van der Waals surface area contributed by atoms with Crippen LogP contribution in [0.4, 0.5) is 0 Å². The van der Waals surface area contributed by atoms with Crippen molar-refractivity contribution in [3.05, 3.63) is 35.9 Å². The molecule has 0 aliphatic carbocycles. The van der Waals surface area contributed by atoms with Crippen molar-refractivity contribution in [2.45, 2.75) is 24.2 Å². The molecule has 1 heterocycles. The summed E-state index contributed by atoms with van der Waals surface area (Å²) in [7, 11) is 0. The summed E-state index contributed by atoms with van der Waals surface area (Å²) in [5.41, 5.74) is 0.939. The SMILES string of the molecule is CC1(C)N=C(c2ccccc2)OC[C@@H]1Br. The van der Waals surface area contributed by atoms with Crippen LogP contribution in [0.5, 0.6) is 0 Å². The first kappa shape index (κ1) is 10.7. The van der Waals surface area contributed by atoms with Crippen LogP contribution in [0.1, 0.15) is 19.4 Å². The Morgan fingerprint density at radius 2 is 2.00 bits per heavy atom. The van der Waals surface area contributed by atoms with E-state index in [1.807, 2.05) is 30.3 Å². The van der Waals surface area contributed by atoms with E-state index in [9.17, 15) is 0 Å². The van der Waals surface area contributed by atoms with Crippen molar-refractivity contribution in [2.75, 3.05) is 6.61 Å². The maximum atomic E-state index is 5.62. The van der Waals surface area contributed by atoms with Gasteiger partial charge in [0.1, 0.15) is 6.61 Å². The molecule has 1 aromatic carbocycles. The molecule has 0 unspecified atom stereocenters. The molecule has 2 nitrogen and oxygen atoms in total. The average molecular weight is 268 g/mol. The molecule has 1 atom stereocenters. The zero-order valence-electron chi connectivity index (χ0n) is 8.90. The molecule has 0 spiro atoms. The number of ether oxygens (including phenoxy) is 1. The second kappa shape index (κ2) is 3.97. The number of nitrogens with zero attached hydrogens (tertiary/aromatic N) is 1. The van der Waals surface area contributed by atoms with E-state index >= 15 is 0 Å². The van der Waals surface area contributed by atoms with Crippen molar-refractivity contribution in [1.82, 2.24) is 0 Å². The lowest BCUT2D eigenvalue weighted by molar-refractivity contribution is 0.243. The van der Waals surface area contributed by atoms with Gasteiger partial charge in [-0.15, -0.1) is 0 Å². The van der Waals surface area contributed by atoms with Gasteiger partial charge in [0, 0.05) is 5.56 Å². The minimum absolute atomic E-state index is 0.108. The van der Waals surface area contributed by atoms with E-state index in [0.29, 0.717) is 6.61 Å². The Kier molecular flexibility index (Phi) is 2.83. The number of rotatable bonds is 1. The van der Waals surface area contributed by atoms with E-state index in [4.69, 9.17) is 4.74 Å². The van der Waals surface area contributed by atoms with Crippen LogP contribution >= 0.6 is 15.9 Å². The molecule has 1 aliphatic rings. The van der Waals surface area contributed by atoms with Gasteiger partial charge in [0.15, 0.2) is 0 Å². The van der Waals surface area contributed by atoms with Gasteiger partial charge in [-0.2, -0.15) is 0 Å². The second-order valence-electron chi connectivity index (χ2n) is 4.22. The number of hydrogen-bond donors (Lipinski definition) is 0. The summed E-state index contributed by atoms with van der Waals surface area (Å²) in [5, 5.41) is 0. The van der Waals surface area contributed by atoms with Gasteiger partial charge in [-0.25, -0.2) is 4.99 Å². The molecule has 0 saturated heterocycles. The summed E-state index contributed by atoms with van der Waals surface area (Å²) in [6.45, 7) is 4.89. The van der Waals surface area contributed by atoms with E-state index in [0.717, 1.165) is 11.5 Å². The predicted octanol–water partition coefficient (Wildman–Crippen LogP) is 3.01. The van der Waals surface area contributed by atoms with Crippen molar-refractivity contribution in [3.63, 3.8) is 0 Å². The third kappa shape index (κ3) is 2.23. The van der Waals surface area contributed by atoms with Crippen LogP contribution in [0.3, 0.4) is 0 Å². The fraction of sp³-hybridized carbons (Fsp3) is 0.417. The van der Waals surface area contributed by atoms with Gasteiger partial charge in [0.2, 0.25) is 5.90 Å². The van der Waals surface area contributed by atoms with Crippen LogP contribution in [0.25, 0.3) is 0 Å². The monoisotopic (exact) mass is 267 g/mol. The smallest absolute Gasteiger partial charge is 0.216 e. The normalized spacial score (nSPS) is 24.2. The minimum Gasteiger partial charge on any atom is -0.476 e. The number of benzene rings is 1. The molecule has 0 fully saturated rings. The lowest BCUT2D eigenvalue weighted by Gasteiger charge is -2.32. The fourth-order valence-corrected chi connectivity index (χ4v) is 1.68. The lowest BCUT2D eigenvalue weighted by Crippen LogP contribution is -2.39. The summed E-state index contributed by atoms with van der Waals surface area (Å²) < 4.78 is 5.62. The third-order valence-electron chi connectivity index (χ3n) is 2.54. The van der Waals surface area contributed by atoms with Crippen molar-refractivity contribution in [1.29, 1.82) is 0 Å². The van der Waals surface area contributed by atoms with Crippen LogP contribution in [-0.4, -0.2) is 22.9 Å². The molecular weight excluding hydrogens is 254 g/mol. The molecule has 3 heteroatoms. The summed E-state index contributed by atoms with van der Waals surface area (Å²) in [6, 6.07) is 10.0. The van der Waals surface area contributed by atoms with Gasteiger partial charge in [-0.05, 0) is 26.0 Å². The van der Waals surface area contributed by atoms with Crippen LogP contribution in [-0.2, 0) is 4.74 Å². The number of halogens is 1. The first-order valence-corrected chi connectivity index (χ1v) is 5.93. The molecule has 2 rings (SSSR count). The molecule has 1 aliphatic heterocycles. The lowest BCUT2D eigenvalue weighted by atomic mass is 10.0. The highest BCUT2D eigenvalue weighted by atomic mass is 79.9. The van der Waals surface area contributed by atoms with E-state index < -0.39 is 0 Å². The van der Waals surface area contributed by atoms with E-state index in [-0.39, 0.29) is 10.4 Å². The zero-order chi connectivity index (χ0) is 10.9. The molecule has 80 valence electrons. The number of aliphatic imine (C=N–C) groups is 1. The summed E-state index contributed by atoms with van der Waals surface area (Å²) >= 11 is 3.58. The van der Waals surface area contributed by atoms with Gasteiger partial charge in [-0.3, -0.25) is 0 Å². The molecule has 0 bridgehead atoms. The van der Waals surface area contributed by atoms with Crippen molar-refractivity contribution < 1.29 is 4.74 Å². The molecule has 0 radical (unpaired) electrons. The van der Waals surface area contributed by atoms with Gasteiger partial charge < -0.3 is 4.74 Å². The Labute approximate surface area is 98.5 Å². The highest BCUT2D eigenvalue weighted by Crippen LogP contribution is 2.27. The Hall–Kier alpha value is -0.830. The van der Waals surface area contributed by atoms with E-state index in [1.165, 1.54) is 0 Å². The standard InChI is InChI=1S/C12H14BrNO/c1-12(2)10(13)8-15-11(14-12)9-6-4-3-5-7-9/h3-7,10H,8H2,1-2H3/t10-/m0/s1. The van der Waals surface area contributed by atoms with Crippen LogP contribution in [0.2, 0.25) is 0 Å². The summed E-state index contributed by atoms with van der Waals surface area (Å²) in [6.07, 6.45) is 0. The largest absolute Gasteiger partial charge is 0.476 e. The van der Waals surface area contributed by atoms with Crippen molar-refractivity contribution in [2.24, 2.45) is 4.99 Å². The number of alkyl halides is 1. The van der Waals surface area contributed by atoms with Gasteiger partial charge in [0.05, 0.1) is 10.4 Å². The fourth-order valence-electron chi connectivity index (χ4n) is 1.45. The van der Waals surface area contributed by atoms with Crippen molar-refractivity contribution >= 4 is 21.8 Å². The Balaban J connectivity index is 2.33. The Bertz CT molecular complexity index is 372. The molecular formula is C12H14BrNO. The summed E-state index contributed by atoms with van der Waals surface area (Å²) in [4.78, 5) is 4.89. The molecule has 1 aromatic rings. The highest BCUT2D eigenvalue weighted by Gasteiger charge is 2.32. The van der Waals surface area contributed by atoms with E-state index in [2.05, 4.69) is 34.8 Å². The molecule has 15 heavy (non-hydrogen) atoms. The topological polar surface area (TPSA) is 21.6 Å². The Morgan fingerprint density at radius 1 is 1.33 bits per heavy atom. The average Bonchev–Trinajstić information content (AvgIpc) is 2.23. The second-order valence-corrected chi connectivity index (χ2v) is 5.32. The predicted molar refractivity (Wildman–Crippen MR) is 65.7 cm³/mol. The first-order valence-electron chi connectivity index (χ1n) is 5.02. The third-order valence-corrected chi connectivity index (χ3v) is 3.93. The molecule has 0 aromatic heterocycles. The maximum Gasteiger partial charge on any atom is 0.216 e. The molecule has 0 N–H and O–H groups in total. The maximum absolute atomic E-state index is 5.62. The van der Waals surface area contributed by atoms with Gasteiger partial charge in [0.25, 0.3) is 0 Å². The quantitative estimate of drug-likeness (QED) is 0.717. The van der Waals surface area contributed by atoms with Crippen LogP contribution < -0.4 is 0 Å². The minimum atomic E-state index is -0.108. The summed E-state index contributed by atoms with van der Waals surface area (Å²) in [5.74, 6) is 0.747. The number of hydrogen-bond acceptors (Lipinski definition) is 2. The van der Waals surface area contributed by atoms with Crippen LogP contribution in [0.15, 0.2) is 35.3 Å². The van der Waals surface area contributed by atoms with E-state index in [1.54, 1.807) is 0 Å².